The zero-order valence-corrected chi connectivity index (χ0v) is 27.0. The van der Waals surface area contributed by atoms with Gasteiger partial charge in [-0.15, -0.1) is 0 Å². The van der Waals surface area contributed by atoms with Crippen molar-refractivity contribution in [2.45, 2.75) is 124 Å². The molecule has 39 heavy (non-hydrogen) atoms. The molecule has 2 nitrogen and oxygen atoms in total. The summed E-state index contributed by atoms with van der Waals surface area (Å²) < 4.78 is 20.4. The van der Waals surface area contributed by atoms with Gasteiger partial charge in [-0.25, -0.2) is 0 Å². The summed E-state index contributed by atoms with van der Waals surface area (Å²) in [5.74, 6) is 0. The van der Waals surface area contributed by atoms with E-state index in [0.29, 0.717) is 4.90 Å². The summed E-state index contributed by atoms with van der Waals surface area (Å²) in [5.41, 5.74) is 8.97. The minimum Gasteiger partial charge on any atom is -0.768 e. The maximum Gasteiger partial charge on any atom is 0.0248 e. The molecule has 0 heterocycles. The standard InChI is InChI=1S/C30H50.C6H6O2S/c1-25(2)15-11-19-29(7)23-13-21-27(5)17-9-10-18-28(6)22-14-24-30(8)20-12-16-26(3)4;7-9(8)6-4-2-1-3-5-6/h15-18,23-24H,9-14,19-22H2,1-8H3;1-5H,(H,7,8)/p-1. The van der Waals surface area contributed by atoms with Gasteiger partial charge in [0.15, 0.2) is 0 Å². The number of benzene rings is 1. The van der Waals surface area contributed by atoms with Gasteiger partial charge in [0.05, 0.1) is 0 Å². The highest BCUT2D eigenvalue weighted by atomic mass is 32.2. The smallest absolute Gasteiger partial charge is 0.0248 e. The van der Waals surface area contributed by atoms with E-state index in [0.717, 1.165) is 0 Å². The summed E-state index contributed by atoms with van der Waals surface area (Å²) >= 11 is -2.08. The Morgan fingerprint density at radius 2 is 0.846 bits per heavy atom. The first-order valence-electron chi connectivity index (χ1n) is 14.5. The first-order chi connectivity index (χ1) is 18.5. The van der Waals surface area contributed by atoms with Gasteiger partial charge >= 0.3 is 0 Å². The Balaban J connectivity index is 0.00000134. The summed E-state index contributed by atoms with van der Waals surface area (Å²) in [4.78, 5) is 0.331. The highest BCUT2D eigenvalue weighted by Crippen LogP contribution is 2.14. The van der Waals surface area contributed by atoms with Crippen molar-refractivity contribution in [2.24, 2.45) is 0 Å². The Morgan fingerprint density at radius 1 is 0.538 bits per heavy atom. The van der Waals surface area contributed by atoms with Crippen LogP contribution in [0.4, 0.5) is 0 Å². The molecule has 0 saturated carbocycles. The van der Waals surface area contributed by atoms with Gasteiger partial charge in [-0.3, -0.25) is 4.21 Å². The van der Waals surface area contributed by atoms with Crippen LogP contribution in [0.1, 0.15) is 120 Å². The van der Waals surface area contributed by atoms with Gasteiger partial charge in [0.25, 0.3) is 0 Å². The SMILES string of the molecule is CC(C)=CCCC(C)=CCCC(C)=CCCC=C(C)CCC=C(C)CCC=C(C)C.O=S([O-])c1ccccc1. The predicted molar refractivity (Wildman–Crippen MR) is 174 cm³/mol. The Bertz CT molecular complexity index is 938. The zero-order valence-electron chi connectivity index (χ0n) is 26.1. The van der Waals surface area contributed by atoms with Gasteiger partial charge in [-0.1, -0.05) is 88.1 Å². The first kappa shape index (κ1) is 36.8. The van der Waals surface area contributed by atoms with Crippen molar-refractivity contribution in [1.82, 2.24) is 0 Å². The Labute approximate surface area is 244 Å². The molecule has 0 aromatic heterocycles. The average molecular weight is 552 g/mol. The largest absolute Gasteiger partial charge is 0.768 e. The van der Waals surface area contributed by atoms with Crippen LogP contribution in [0.5, 0.6) is 0 Å². The van der Waals surface area contributed by atoms with Gasteiger partial charge in [-0.2, -0.15) is 0 Å². The third-order valence-corrected chi connectivity index (χ3v) is 6.99. The molecule has 0 radical (unpaired) electrons. The van der Waals surface area contributed by atoms with E-state index < -0.39 is 11.1 Å². The van der Waals surface area contributed by atoms with E-state index in [1.165, 1.54) is 97.6 Å². The van der Waals surface area contributed by atoms with Crippen molar-refractivity contribution in [3.63, 3.8) is 0 Å². The maximum absolute atomic E-state index is 10.2. The van der Waals surface area contributed by atoms with Crippen LogP contribution in [0.15, 0.2) is 105 Å². The Morgan fingerprint density at radius 3 is 1.13 bits per heavy atom. The molecule has 0 bridgehead atoms. The van der Waals surface area contributed by atoms with Crippen LogP contribution >= 0.6 is 0 Å². The van der Waals surface area contributed by atoms with Crippen LogP contribution in [0.3, 0.4) is 0 Å². The highest BCUT2D eigenvalue weighted by Gasteiger charge is 1.94. The lowest BCUT2D eigenvalue weighted by Gasteiger charge is -2.02. The minimum atomic E-state index is -2.08. The first-order valence-corrected chi connectivity index (χ1v) is 15.6. The number of hydrogen-bond donors (Lipinski definition) is 0. The van der Waals surface area contributed by atoms with Gasteiger partial charge in [0.1, 0.15) is 0 Å². The van der Waals surface area contributed by atoms with Crippen molar-refractivity contribution in [2.75, 3.05) is 0 Å². The summed E-state index contributed by atoms with van der Waals surface area (Å²) in [6.07, 6.45) is 26.2. The minimum absolute atomic E-state index is 0.331. The molecule has 0 N–H and O–H groups in total. The number of rotatable bonds is 16. The fourth-order valence-corrected chi connectivity index (χ4v) is 4.25. The molecule has 0 aliphatic heterocycles. The highest BCUT2D eigenvalue weighted by molar-refractivity contribution is 7.79. The van der Waals surface area contributed by atoms with Crippen molar-refractivity contribution in [1.29, 1.82) is 0 Å². The molecule has 0 saturated heterocycles. The van der Waals surface area contributed by atoms with E-state index in [1.54, 1.807) is 30.3 Å². The van der Waals surface area contributed by atoms with Crippen molar-refractivity contribution in [3.8, 4) is 0 Å². The molecular weight excluding hydrogens is 496 g/mol. The molecule has 1 unspecified atom stereocenters. The normalized spacial score (nSPS) is 13.4. The van der Waals surface area contributed by atoms with Gasteiger partial charge in [0.2, 0.25) is 0 Å². The zero-order chi connectivity index (χ0) is 29.5. The predicted octanol–water partition coefficient (Wildman–Crippen LogP) is 11.5. The van der Waals surface area contributed by atoms with E-state index in [2.05, 4.69) is 91.8 Å². The monoisotopic (exact) mass is 551 g/mol. The van der Waals surface area contributed by atoms with Crippen LogP contribution in [0.25, 0.3) is 0 Å². The number of hydrogen-bond acceptors (Lipinski definition) is 2. The average Bonchev–Trinajstić information content (AvgIpc) is 2.87. The van der Waals surface area contributed by atoms with Crippen LogP contribution in [-0.2, 0) is 11.1 Å². The molecule has 1 atom stereocenters. The Hall–Kier alpha value is -2.23. The molecule has 3 heteroatoms. The second kappa shape index (κ2) is 23.6. The van der Waals surface area contributed by atoms with Gasteiger partial charge < -0.3 is 4.55 Å². The van der Waals surface area contributed by atoms with Gasteiger partial charge in [0, 0.05) is 4.90 Å². The Kier molecular flexibility index (Phi) is 22.3. The van der Waals surface area contributed by atoms with Crippen molar-refractivity contribution in [3.05, 3.63) is 100 Å². The molecule has 0 aliphatic rings. The molecule has 1 rings (SSSR count). The topological polar surface area (TPSA) is 40.1 Å². The van der Waals surface area contributed by atoms with E-state index in [9.17, 15) is 8.76 Å². The van der Waals surface area contributed by atoms with E-state index in [-0.39, 0.29) is 0 Å². The van der Waals surface area contributed by atoms with Crippen LogP contribution in [0.2, 0.25) is 0 Å². The van der Waals surface area contributed by atoms with E-state index >= 15 is 0 Å². The number of unbranched alkanes of at least 4 members (excludes halogenated alkanes) is 1. The van der Waals surface area contributed by atoms with Crippen molar-refractivity contribution >= 4 is 11.1 Å². The quantitative estimate of drug-likeness (QED) is 0.116. The molecule has 1 aromatic carbocycles. The van der Waals surface area contributed by atoms with Crippen LogP contribution < -0.4 is 0 Å². The van der Waals surface area contributed by atoms with E-state index in [4.69, 9.17) is 0 Å². The lowest BCUT2D eigenvalue weighted by Crippen LogP contribution is -1.85. The molecule has 0 fully saturated rings. The molecule has 1 aromatic rings. The molecule has 218 valence electrons. The third kappa shape index (κ3) is 24.5. The second-order valence-corrected chi connectivity index (χ2v) is 12.0. The summed E-state index contributed by atoms with van der Waals surface area (Å²) in [7, 11) is 0. The summed E-state index contributed by atoms with van der Waals surface area (Å²) in [6, 6.07) is 8.23. The molecule has 0 amide bonds. The lowest BCUT2D eigenvalue weighted by molar-refractivity contribution is 0.537. The third-order valence-electron chi connectivity index (χ3n) is 6.33. The van der Waals surface area contributed by atoms with Crippen LogP contribution in [-0.4, -0.2) is 8.76 Å². The second-order valence-electron chi connectivity index (χ2n) is 11.0. The fraction of sp³-hybridized carbons (Fsp3) is 0.500. The number of allylic oxidation sites excluding steroid dienone is 12. The molecule has 0 aliphatic carbocycles. The van der Waals surface area contributed by atoms with Crippen LogP contribution in [0, 0.1) is 0 Å². The van der Waals surface area contributed by atoms with E-state index in [1.807, 2.05) is 0 Å². The summed E-state index contributed by atoms with van der Waals surface area (Å²) in [6.45, 7) is 17.8. The molecular formula is C36H55O2S-. The van der Waals surface area contributed by atoms with Gasteiger partial charge in [-0.05, 0) is 143 Å². The lowest BCUT2D eigenvalue weighted by atomic mass is 10.0. The fourth-order valence-electron chi connectivity index (χ4n) is 3.87. The molecule has 0 spiro atoms. The maximum atomic E-state index is 10.2. The van der Waals surface area contributed by atoms with Crippen molar-refractivity contribution < 1.29 is 8.76 Å². The summed E-state index contributed by atoms with van der Waals surface area (Å²) in [5, 5.41) is 0.